The molecule has 4 atom stereocenters. The van der Waals surface area contributed by atoms with Gasteiger partial charge in [0.25, 0.3) is 5.91 Å². The fourth-order valence-electron chi connectivity index (χ4n) is 4.85. The Bertz CT molecular complexity index is 1660. The SMILES string of the molecule is CC1CC1CNc1cc(C(=O)NC(COc2ccc(Br)cc2)C(O)CNCc2cccc(C(F)(F)F)c2)cc(N(C)S(=O)(=O)C(C)C)n1. The Morgan fingerprint density at radius 2 is 1.83 bits per heavy atom. The van der Waals surface area contributed by atoms with Crippen LogP contribution in [-0.2, 0) is 22.7 Å². The number of hydrogen-bond donors (Lipinski definition) is 4. The number of pyridine rings is 1. The van der Waals surface area contributed by atoms with Crippen molar-refractivity contribution in [1.29, 1.82) is 0 Å². The highest BCUT2D eigenvalue weighted by Gasteiger charge is 2.33. The van der Waals surface area contributed by atoms with Gasteiger partial charge in [0.15, 0.2) is 0 Å². The van der Waals surface area contributed by atoms with Crippen molar-refractivity contribution in [3.05, 3.63) is 81.8 Å². The van der Waals surface area contributed by atoms with Crippen LogP contribution in [0.15, 0.2) is 65.1 Å². The predicted molar refractivity (Wildman–Crippen MR) is 183 cm³/mol. The van der Waals surface area contributed by atoms with Crippen LogP contribution in [0.1, 0.15) is 48.7 Å². The normalized spacial score (nSPS) is 17.5. The monoisotopic (exact) mass is 755 g/mol. The third-order valence-electron chi connectivity index (χ3n) is 8.16. The first-order valence-corrected chi connectivity index (χ1v) is 17.8. The van der Waals surface area contributed by atoms with Crippen molar-refractivity contribution in [3.8, 4) is 5.75 Å². The highest BCUT2D eigenvalue weighted by Crippen LogP contribution is 2.37. The molecule has 3 aromatic rings. The molecule has 2 aromatic carbocycles. The number of ether oxygens (including phenoxy) is 1. The van der Waals surface area contributed by atoms with Crippen molar-refractivity contribution in [2.45, 2.75) is 57.3 Å². The van der Waals surface area contributed by atoms with Crippen LogP contribution in [0.3, 0.4) is 0 Å². The summed E-state index contributed by atoms with van der Waals surface area (Å²) < 4.78 is 73.2. The number of alkyl halides is 3. The van der Waals surface area contributed by atoms with E-state index in [1.807, 2.05) is 0 Å². The number of aliphatic hydroxyl groups excluding tert-OH is 1. The Kier molecular flexibility index (Phi) is 12.4. The summed E-state index contributed by atoms with van der Waals surface area (Å²) in [4.78, 5) is 18.2. The van der Waals surface area contributed by atoms with E-state index in [0.29, 0.717) is 35.5 Å². The summed E-state index contributed by atoms with van der Waals surface area (Å²) in [5.41, 5.74) is -0.302. The van der Waals surface area contributed by atoms with Crippen LogP contribution in [-0.4, -0.2) is 68.6 Å². The Balaban J connectivity index is 1.54. The lowest BCUT2D eigenvalue weighted by Crippen LogP contribution is -2.50. The van der Waals surface area contributed by atoms with Gasteiger partial charge in [-0.3, -0.25) is 9.10 Å². The summed E-state index contributed by atoms with van der Waals surface area (Å²) in [5, 5.41) is 19.4. The van der Waals surface area contributed by atoms with Crippen LogP contribution in [0.2, 0.25) is 0 Å². The van der Waals surface area contributed by atoms with Crippen LogP contribution in [0.5, 0.6) is 5.75 Å². The fraction of sp³-hybridized carbons (Fsp3) is 0.455. The zero-order valence-corrected chi connectivity index (χ0v) is 29.5. The minimum absolute atomic E-state index is 0.0359. The first-order valence-electron chi connectivity index (χ1n) is 15.5. The number of halogens is 4. The maximum Gasteiger partial charge on any atom is 0.416 e. The molecule has 0 spiro atoms. The zero-order chi connectivity index (χ0) is 35.2. The Hall–Kier alpha value is -3.40. The molecule has 1 heterocycles. The summed E-state index contributed by atoms with van der Waals surface area (Å²) in [7, 11) is -2.39. The van der Waals surface area contributed by atoms with Crippen molar-refractivity contribution >= 4 is 43.5 Å². The van der Waals surface area contributed by atoms with Crippen LogP contribution >= 0.6 is 15.9 Å². The molecule has 1 aliphatic carbocycles. The molecular weight excluding hydrogens is 715 g/mol. The lowest BCUT2D eigenvalue weighted by atomic mass is 10.1. The second-order valence-corrected chi connectivity index (χ2v) is 15.7. The standard InChI is InChI=1S/C33H41BrF3N5O5S/c1-20(2)48(45,46)42(4)31-15-23(14-30(41-31)39-17-24-12-21(24)3)32(44)40-28(19-47-27-10-8-26(34)9-11-27)29(43)18-38-16-22-6-5-7-25(13-22)33(35,36)37/h5-11,13-15,20-21,24,28-29,38,43H,12,16-19H2,1-4H3,(H,39,41)(H,40,44). The molecule has 4 N–H and O–H groups in total. The first kappa shape index (κ1) is 37.4. The molecule has 0 radical (unpaired) electrons. The van der Waals surface area contributed by atoms with E-state index in [1.54, 1.807) is 38.1 Å². The van der Waals surface area contributed by atoms with Gasteiger partial charge in [0.2, 0.25) is 10.0 Å². The van der Waals surface area contributed by atoms with Crippen molar-refractivity contribution < 1.29 is 36.2 Å². The molecule has 1 aromatic heterocycles. The number of aliphatic hydroxyl groups is 1. The van der Waals surface area contributed by atoms with Crippen LogP contribution in [0, 0.1) is 11.8 Å². The fourth-order valence-corrected chi connectivity index (χ4v) is 6.10. The molecule has 48 heavy (non-hydrogen) atoms. The summed E-state index contributed by atoms with van der Waals surface area (Å²) in [6, 6.07) is 13.7. The number of anilines is 2. The Morgan fingerprint density at radius 1 is 1.15 bits per heavy atom. The molecule has 0 aliphatic heterocycles. The molecule has 1 saturated carbocycles. The van der Waals surface area contributed by atoms with Gasteiger partial charge in [-0.05, 0) is 80.1 Å². The zero-order valence-electron chi connectivity index (χ0n) is 27.1. The quantitative estimate of drug-likeness (QED) is 0.152. The minimum atomic E-state index is -4.48. The van der Waals surface area contributed by atoms with Gasteiger partial charge in [-0.1, -0.05) is 41.1 Å². The largest absolute Gasteiger partial charge is 0.491 e. The molecular formula is C33H41BrF3N5O5S. The van der Waals surface area contributed by atoms with Gasteiger partial charge < -0.3 is 25.8 Å². The third-order valence-corrected chi connectivity index (χ3v) is 10.8. The molecule has 0 bridgehead atoms. The Labute approximate surface area is 287 Å². The van der Waals surface area contributed by atoms with Crippen molar-refractivity contribution in [3.63, 3.8) is 0 Å². The highest BCUT2D eigenvalue weighted by atomic mass is 79.9. The number of amides is 1. The maximum atomic E-state index is 13.7. The molecule has 262 valence electrons. The smallest absolute Gasteiger partial charge is 0.416 e. The number of rotatable bonds is 16. The van der Waals surface area contributed by atoms with Crippen LogP contribution < -0.4 is 25.0 Å². The summed E-state index contributed by atoms with van der Waals surface area (Å²) in [5.74, 6) is 1.25. The second-order valence-electron chi connectivity index (χ2n) is 12.3. The van der Waals surface area contributed by atoms with Crippen molar-refractivity contribution in [1.82, 2.24) is 15.6 Å². The molecule has 4 unspecified atom stereocenters. The first-order chi connectivity index (χ1) is 22.5. The predicted octanol–water partition coefficient (Wildman–Crippen LogP) is 5.43. The van der Waals surface area contributed by atoms with Crippen LogP contribution in [0.4, 0.5) is 24.8 Å². The lowest BCUT2D eigenvalue weighted by Gasteiger charge is -2.26. The van der Waals surface area contributed by atoms with Crippen LogP contribution in [0.25, 0.3) is 0 Å². The number of benzene rings is 2. The highest BCUT2D eigenvalue weighted by molar-refractivity contribution is 9.10. The minimum Gasteiger partial charge on any atom is -0.491 e. The average Bonchev–Trinajstić information content (AvgIpc) is 3.76. The van der Waals surface area contributed by atoms with E-state index < -0.39 is 45.1 Å². The van der Waals surface area contributed by atoms with Gasteiger partial charge in [-0.2, -0.15) is 13.2 Å². The van der Waals surface area contributed by atoms with Crippen molar-refractivity contribution in [2.24, 2.45) is 11.8 Å². The Morgan fingerprint density at radius 3 is 2.46 bits per heavy atom. The van der Waals surface area contributed by atoms with Gasteiger partial charge in [-0.15, -0.1) is 0 Å². The molecule has 0 saturated heterocycles. The average molecular weight is 757 g/mol. The third kappa shape index (κ3) is 10.3. The van der Waals surface area contributed by atoms with Crippen molar-refractivity contribution in [2.75, 3.05) is 36.4 Å². The number of nitrogens with zero attached hydrogens (tertiary/aromatic N) is 2. The van der Waals surface area contributed by atoms with E-state index in [0.717, 1.165) is 27.3 Å². The number of hydrogen-bond acceptors (Lipinski definition) is 8. The molecule has 15 heteroatoms. The topological polar surface area (TPSA) is 133 Å². The number of carbonyl (C=O) groups excluding carboxylic acids is 1. The maximum absolute atomic E-state index is 13.7. The van der Waals surface area contributed by atoms with E-state index in [1.165, 1.54) is 31.3 Å². The summed E-state index contributed by atoms with van der Waals surface area (Å²) in [6.07, 6.45) is -4.65. The number of sulfonamides is 1. The van der Waals surface area contributed by atoms with Gasteiger partial charge >= 0.3 is 6.18 Å². The summed E-state index contributed by atoms with van der Waals surface area (Å²) in [6.45, 7) is 5.64. The molecule has 1 fully saturated rings. The number of aromatic nitrogens is 1. The number of nitrogens with one attached hydrogen (secondary N) is 3. The van der Waals surface area contributed by atoms with Gasteiger partial charge in [0.05, 0.1) is 23.0 Å². The lowest BCUT2D eigenvalue weighted by molar-refractivity contribution is -0.137. The van der Waals surface area contributed by atoms with Gasteiger partial charge in [0, 0.05) is 36.7 Å². The van der Waals surface area contributed by atoms with Gasteiger partial charge in [-0.25, -0.2) is 13.4 Å². The van der Waals surface area contributed by atoms with E-state index in [4.69, 9.17) is 4.74 Å². The molecule has 10 nitrogen and oxygen atoms in total. The van der Waals surface area contributed by atoms with E-state index in [2.05, 4.69) is 43.8 Å². The summed E-state index contributed by atoms with van der Waals surface area (Å²) >= 11 is 3.36. The molecule has 1 aliphatic rings. The van der Waals surface area contributed by atoms with E-state index in [9.17, 15) is 31.5 Å². The molecule has 1 amide bonds. The second kappa shape index (κ2) is 15.9. The van der Waals surface area contributed by atoms with E-state index >= 15 is 0 Å². The number of carbonyl (C=O) groups is 1. The van der Waals surface area contributed by atoms with Gasteiger partial charge in [0.1, 0.15) is 24.0 Å². The molecule has 4 rings (SSSR count). The van der Waals surface area contributed by atoms with E-state index in [-0.39, 0.29) is 31.1 Å².